The van der Waals surface area contributed by atoms with E-state index < -0.39 is 0 Å². The number of aromatic amines is 1. The lowest BCUT2D eigenvalue weighted by molar-refractivity contribution is 0.473. The van der Waals surface area contributed by atoms with Gasteiger partial charge in [-0.1, -0.05) is 20.3 Å². The van der Waals surface area contributed by atoms with Crippen LogP contribution >= 0.6 is 0 Å². The van der Waals surface area contributed by atoms with E-state index in [4.69, 9.17) is 0 Å². The van der Waals surface area contributed by atoms with Gasteiger partial charge in [0.05, 0.1) is 0 Å². The third-order valence-corrected chi connectivity index (χ3v) is 5.70. The Labute approximate surface area is 197 Å². The van der Waals surface area contributed by atoms with Gasteiger partial charge in [0.25, 0.3) is 0 Å². The van der Waals surface area contributed by atoms with Gasteiger partial charge in [-0.05, 0) is 90.0 Å². The summed E-state index contributed by atoms with van der Waals surface area (Å²) >= 11 is 0. The molecule has 0 radical (unpaired) electrons. The van der Waals surface area contributed by atoms with Gasteiger partial charge in [0.15, 0.2) is 0 Å². The van der Waals surface area contributed by atoms with Gasteiger partial charge >= 0.3 is 0 Å². The van der Waals surface area contributed by atoms with Gasteiger partial charge in [-0.3, -0.25) is 0 Å². The summed E-state index contributed by atoms with van der Waals surface area (Å²) in [6.45, 7) is 14.8. The zero-order valence-corrected chi connectivity index (χ0v) is 21.3. The number of aromatic nitrogens is 2. The zero-order chi connectivity index (χ0) is 23.4. The van der Waals surface area contributed by atoms with Crippen molar-refractivity contribution >= 4 is 0 Å². The molecule has 6 heteroatoms. The highest BCUT2D eigenvalue weighted by molar-refractivity contribution is 5.06. The number of H-pyrrole nitrogens is 1. The van der Waals surface area contributed by atoms with Crippen molar-refractivity contribution in [3.05, 3.63) is 48.0 Å². The minimum absolute atomic E-state index is 0.536. The molecule has 0 saturated carbocycles. The predicted octanol–water partition coefficient (Wildman–Crippen LogP) is 4.17. The fourth-order valence-electron chi connectivity index (χ4n) is 3.49. The first-order valence-electron chi connectivity index (χ1n) is 12.8. The zero-order valence-electron chi connectivity index (χ0n) is 21.3. The van der Waals surface area contributed by atoms with Crippen LogP contribution in [0.1, 0.15) is 71.2 Å². The van der Waals surface area contributed by atoms with E-state index in [9.17, 15) is 0 Å². The lowest BCUT2D eigenvalue weighted by Gasteiger charge is -2.15. The van der Waals surface area contributed by atoms with Crippen LogP contribution in [-0.4, -0.2) is 47.8 Å². The van der Waals surface area contributed by atoms with Gasteiger partial charge in [0.2, 0.25) is 0 Å². The number of rotatable bonds is 18. The number of hydrogen-bond acceptors (Lipinski definition) is 4. The number of nitrogens with one attached hydrogen (secondary N) is 5. The third-order valence-electron chi connectivity index (χ3n) is 5.70. The molecular weight excluding hydrogens is 396 g/mol. The minimum Gasteiger partial charge on any atom is -0.364 e. The summed E-state index contributed by atoms with van der Waals surface area (Å²) in [7, 11) is 2.10. The normalized spacial score (nSPS) is 12.9. The topological polar surface area (TPSA) is 68.8 Å². The maximum atomic E-state index is 3.60. The second kappa shape index (κ2) is 18.9. The van der Waals surface area contributed by atoms with Crippen molar-refractivity contribution in [2.24, 2.45) is 7.05 Å². The molecule has 2 unspecified atom stereocenters. The van der Waals surface area contributed by atoms with E-state index in [2.05, 4.69) is 76.1 Å². The summed E-state index contributed by atoms with van der Waals surface area (Å²) in [5.74, 6) is 0. The number of unbranched alkanes of at least 4 members (excludes halogenated alkanes) is 2. The molecule has 32 heavy (non-hydrogen) atoms. The second-order valence-electron chi connectivity index (χ2n) is 8.51. The first kappa shape index (κ1) is 28.4. The van der Waals surface area contributed by atoms with Gasteiger partial charge in [-0.15, -0.1) is 0 Å². The largest absolute Gasteiger partial charge is 0.364 e. The molecule has 0 aliphatic heterocycles. The van der Waals surface area contributed by atoms with E-state index in [-0.39, 0.29) is 0 Å². The van der Waals surface area contributed by atoms with Crippen molar-refractivity contribution in [2.45, 2.75) is 85.0 Å². The van der Waals surface area contributed by atoms with Crippen molar-refractivity contribution < 1.29 is 0 Å². The Balaban J connectivity index is 0.00000249. The standard InChI is InChI=1S/C24H44N6.C2H6/c1-21(28-19-23-9-7-15-27-23)11-16-25-13-5-4-6-14-26-17-12-22(2)29-20-24-10-8-18-30(24)3;1-2/h7-10,15,18,21-22,25-29H,4-6,11-14,16-17,19-20H2,1-3H3;1-2H3. The quantitative estimate of drug-likeness (QED) is 0.223. The molecule has 2 aromatic heterocycles. The van der Waals surface area contributed by atoms with Crippen molar-refractivity contribution in [3.63, 3.8) is 0 Å². The van der Waals surface area contributed by atoms with E-state index in [1.807, 2.05) is 26.1 Å². The maximum absolute atomic E-state index is 3.60. The molecule has 5 N–H and O–H groups in total. The summed E-state index contributed by atoms with van der Waals surface area (Å²) in [6.07, 6.45) is 10.2. The van der Waals surface area contributed by atoms with Crippen LogP contribution in [0.3, 0.4) is 0 Å². The summed E-state index contributed by atoms with van der Waals surface area (Å²) in [6, 6.07) is 9.52. The number of aryl methyl sites for hydroxylation is 1. The Morgan fingerprint density at radius 3 is 1.97 bits per heavy atom. The van der Waals surface area contributed by atoms with Crippen LogP contribution in [0.5, 0.6) is 0 Å². The maximum Gasteiger partial charge on any atom is 0.0361 e. The van der Waals surface area contributed by atoms with Crippen LogP contribution < -0.4 is 21.3 Å². The fourth-order valence-corrected chi connectivity index (χ4v) is 3.49. The second-order valence-corrected chi connectivity index (χ2v) is 8.51. The third kappa shape index (κ3) is 13.7. The van der Waals surface area contributed by atoms with E-state index in [0.717, 1.165) is 39.3 Å². The van der Waals surface area contributed by atoms with Crippen LogP contribution in [0.15, 0.2) is 36.7 Å². The molecule has 184 valence electrons. The lowest BCUT2D eigenvalue weighted by Crippen LogP contribution is -2.30. The highest BCUT2D eigenvalue weighted by atomic mass is 15.0. The molecule has 0 aliphatic rings. The summed E-state index contributed by atoms with van der Waals surface area (Å²) < 4.78 is 2.18. The van der Waals surface area contributed by atoms with Crippen molar-refractivity contribution in [1.82, 2.24) is 30.8 Å². The van der Waals surface area contributed by atoms with Crippen molar-refractivity contribution in [2.75, 3.05) is 26.2 Å². The van der Waals surface area contributed by atoms with E-state index in [1.54, 1.807) is 0 Å². The molecule has 2 aromatic rings. The first-order chi connectivity index (χ1) is 15.6. The Hall–Kier alpha value is -1.60. The number of hydrogen-bond donors (Lipinski definition) is 5. The highest BCUT2D eigenvalue weighted by Gasteiger charge is 2.03. The minimum atomic E-state index is 0.536. The Morgan fingerprint density at radius 1 is 0.812 bits per heavy atom. The molecule has 0 spiro atoms. The lowest BCUT2D eigenvalue weighted by atomic mass is 10.2. The van der Waals surface area contributed by atoms with Crippen molar-refractivity contribution in [3.8, 4) is 0 Å². The molecule has 2 rings (SSSR count). The Kier molecular flexibility index (Phi) is 16.8. The molecule has 0 aliphatic carbocycles. The smallest absolute Gasteiger partial charge is 0.0361 e. The summed E-state index contributed by atoms with van der Waals surface area (Å²) in [5, 5.41) is 14.3. The van der Waals surface area contributed by atoms with Gasteiger partial charge < -0.3 is 30.8 Å². The summed E-state index contributed by atoms with van der Waals surface area (Å²) in [4.78, 5) is 3.23. The summed E-state index contributed by atoms with van der Waals surface area (Å²) in [5.41, 5.74) is 2.59. The van der Waals surface area contributed by atoms with Crippen LogP contribution in [0, 0.1) is 0 Å². The predicted molar refractivity (Wildman–Crippen MR) is 139 cm³/mol. The first-order valence-corrected chi connectivity index (χ1v) is 12.8. The molecule has 0 bridgehead atoms. The molecular formula is C26H50N6. The average Bonchev–Trinajstić information content (AvgIpc) is 3.47. The monoisotopic (exact) mass is 446 g/mol. The van der Waals surface area contributed by atoms with Crippen LogP contribution in [0.4, 0.5) is 0 Å². The molecule has 0 aromatic carbocycles. The molecule has 2 atom stereocenters. The highest BCUT2D eigenvalue weighted by Crippen LogP contribution is 2.01. The molecule has 0 fully saturated rings. The average molecular weight is 447 g/mol. The van der Waals surface area contributed by atoms with Crippen LogP contribution in [0.25, 0.3) is 0 Å². The molecule has 0 amide bonds. The molecule has 6 nitrogen and oxygen atoms in total. The van der Waals surface area contributed by atoms with Gasteiger partial charge in [-0.2, -0.15) is 0 Å². The molecule has 0 saturated heterocycles. The van der Waals surface area contributed by atoms with Gasteiger partial charge in [0.1, 0.15) is 0 Å². The van der Waals surface area contributed by atoms with E-state index in [1.165, 1.54) is 43.5 Å². The Bertz CT molecular complexity index is 637. The number of nitrogens with zero attached hydrogens (tertiary/aromatic N) is 1. The van der Waals surface area contributed by atoms with Crippen molar-refractivity contribution in [1.29, 1.82) is 0 Å². The van der Waals surface area contributed by atoms with E-state index >= 15 is 0 Å². The van der Waals surface area contributed by atoms with Crippen LogP contribution in [-0.2, 0) is 20.1 Å². The Morgan fingerprint density at radius 2 is 1.44 bits per heavy atom. The molecule has 2 heterocycles. The van der Waals surface area contributed by atoms with Crippen LogP contribution in [0.2, 0.25) is 0 Å². The fraction of sp³-hybridized carbons (Fsp3) is 0.692. The van der Waals surface area contributed by atoms with Gasteiger partial charge in [0, 0.05) is 56.0 Å². The van der Waals surface area contributed by atoms with E-state index in [0.29, 0.717) is 12.1 Å². The SMILES string of the molecule is CC.CC(CCNCCCCCNCCC(C)NCc1cccn1C)NCc1ccc[nH]1. The van der Waals surface area contributed by atoms with Gasteiger partial charge in [-0.25, -0.2) is 0 Å².